The molecule has 2 rings (SSSR count). The van der Waals surface area contributed by atoms with Crippen LogP contribution in [0.3, 0.4) is 0 Å². The van der Waals surface area contributed by atoms with Crippen LogP contribution < -0.4 is 5.73 Å². The van der Waals surface area contributed by atoms with E-state index >= 15 is 0 Å². The Labute approximate surface area is 104 Å². The fourth-order valence-corrected chi connectivity index (χ4v) is 2.34. The minimum atomic E-state index is 0.251. The van der Waals surface area contributed by atoms with Crippen LogP contribution in [-0.2, 0) is 6.42 Å². The van der Waals surface area contributed by atoms with Crippen LogP contribution in [0.4, 0.5) is 0 Å². The molecule has 0 amide bonds. The van der Waals surface area contributed by atoms with Crippen molar-refractivity contribution in [2.45, 2.75) is 12.5 Å². The number of benzene rings is 1. The minimum Gasteiger partial charge on any atom is -0.326 e. The van der Waals surface area contributed by atoms with Crippen LogP contribution in [0.2, 0.25) is 0 Å². The Balaban J connectivity index is 1.76. The Hall–Kier alpha value is -0.900. The van der Waals surface area contributed by atoms with Crippen molar-refractivity contribution >= 4 is 0 Å². The van der Waals surface area contributed by atoms with Gasteiger partial charge in [-0.2, -0.15) is 0 Å². The molecule has 17 heavy (non-hydrogen) atoms. The molecule has 0 radical (unpaired) electrons. The van der Waals surface area contributed by atoms with E-state index in [0.29, 0.717) is 0 Å². The van der Waals surface area contributed by atoms with Crippen LogP contribution in [-0.4, -0.2) is 55.6 Å². The van der Waals surface area contributed by atoms with Crippen molar-refractivity contribution in [3.63, 3.8) is 0 Å². The third-order valence-corrected chi connectivity index (χ3v) is 3.43. The van der Waals surface area contributed by atoms with E-state index in [4.69, 9.17) is 5.73 Å². The van der Waals surface area contributed by atoms with Gasteiger partial charge < -0.3 is 10.6 Å². The van der Waals surface area contributed by atoms with Gasteiger partial charge in [-0.05, 0) is 19.0 Å². The topological polar surface area (TPSA) is 32.5 Å². The molecule has 0 aliphatic carbocycles. The van der Waals surface area contributed by atoms with Gasteiger partial charge >= 0.3 is 0 Å². The second-order valence-electron chi connectivity index (χ2n) is 5.05. The highest BCUT2D eigenvalue weighted by atomic mass is 15.2. The zero-order valence-electron chi connectivity index (χ0n) is 10.7. The van der Waals surface area contributed by atoms with E-state index in [0.717, 1.165) is 39.1 Å². The van der Waals surface area contributed by atoms with Crippen LogP contribution in [0, 0.1) is 0 Å². The summed E-state index contributed by atoms with van der Waals surface area (Å²) in [7, 11) is 2.18. The summed E-state index contributed by atoms with van der Waals surface area (Å²) in [5.41, 5.74) is 7.56. The third kappa shape index (κ3) is 4.11. The van der Waals surface area contributed by atoms with Gasteiger partial charge in [0.1, 0.15) is 0 Å². The maximum Gasteiger partial charge on any atom is 0.0208 e. The normalized spacial score (nSPS) is 20.4. The molecule has 94 valence electrons. The van der Waals surface area contributed by atoms with Crippen molar-refractivity contribution in [2.75, 3.05) is 39.8 Å². The van der Waals surface area contributed by atoms with Gasteiger partial charge in [0.15, 0.2) is 0 Å². The first-order valence-corrected chi connectivity index (χ1v) is 6.44. The smallest absolute Gasteiger partial charge is 0.0208 e. The molecule has 1 heterocycles. The van der Waals surface area contributed by atoms with Crippen molar-refractivity contribution in [3.05, 3.63) is 35.9 Å². The van der Waals surface area contributed by atoms with Crippen LogP contribution in [0.15, 0.2) is 30.3 Å². The van der Waals surface area contributed by atoms with Gasteiger partial charge in [0, 0.05) is 38.8 Å². The molecule has 3 nitrogen and oxygen atoms in total. The quantitative estimate of drug-likeness (QED) is 0.835. The van der Waals surface area contributed by atoms with E-state index in [1.54, 1.807) is 0 Å². The Morgan fingerprint density at radius 1 is 1.12 bits per heavy atom. The Morgan fingerprint density at radius 3 is 2.41 bits per heavy atom. The molecule has 3 heteroatoms. The lowest BCUT2D eigenvalue weighted by Gasteiger charge is -2.33. The van der Waals surface area contributed by atoms with E-state index in [-0.39, 0.29) is 6.04 Å². The van der Waals surface area contributed by atoms with Gasteiger partial charge in [-0.25, -0.2) is 0 Å². The SMILES string of the molecule is CN1CCN(C[C@@H](N)Cc2ccccc2)CC1. The molecule has 0 spiro atoms. The van der Waals surface area contributed by atoms with Crippen LogP contribution in [0.25, 0.3) is 0 Å². The lowest BCUT2D eigenvalue weighted by molar-refractivity contribution is 0.147. The highest BCUT2D eigenvalue weighted by Gasteiger charge is 2.16. The molecule has 1 saturated heterocycles. The predicted octanol–water partition coefficient (Wildman–Crippen LogP) is 0.804. The number of hydrogen-bond acceptors (Lipinski definition) is 3. The third-order valence-electron chi connectivity index (χ3n) is 3.43. The summed E-state index contributed by atoms with van der Waals surface area (Å²) in [6.45, 7) is 5.65. The fraction of sp³-hybridized carbons (Fsp3) is 0.571. The summed E-state index contributed by atoms with van der Waals surface area (Å²) in [5, 5.41) is 0. The number of rotatable bonds is 4. The second kappa shape index (κ2) is 6.15. The molecule has 0 aromatic heterocycles. The fourth-order valence-electron chi connectivity index (χ4n) is 2.34. The van der Waals surface area contributed by atoms with Gasteiger partial charge in [0.25, 0.3) is 0 Å². The number of hydrogen-bond donors (Lipinski definition) is 1. The molecule has 1 aliphatic rings. The molecule has 0 saturated carbocycles. The van der Waals surface area contributed by atoms with Gasteiger partial charge in [0.05, 0.1) is 0 Å². The van der Waals surface area contributed by atoms with Crippen LogP contribution in [0.5, 0.6) is 0 Å². The molecule has 2 N–H and O–H groups in total. The largest absolute Gasteiger partial charge is 0.326 e. The Morgan fingerprint density at radius 2 is 1.76 bits per heavy atom. The molecule has 1 aromatic rings. The molecule has 1 fully saturated rings. The van der Waals surface area contributed by atoms with Gasteiger partial charge in [-0.3, -0.25) is 4.90 Å². The van der Waals surface area contributed by atoms with Crippen molar-refractivity contribution < 1.29 is 0 Å². The number of nitrogens with two attached hydrogens (primary N) is 1. The summed E-state index contributed by atoms with van der Waals surface area (Å²) in [6.07, 6.45) is 0.979. The molecule has 1 aromatic carbocycles. The summed E-state index contributed by atoms with van der Waals surface area (Å²) in [4.78, 5) is 4.85. The summed E-state index contributed by atoms with van der Waals surface area (Å²) < 4.78 is 0. The highest BCUT2D eigenvalue weighted by Crippen LogP contribution is 2.05. The minimum absolute atomic E-state index is 0.251. The molecular weight excluding hydrogens is 210 g/mol. The summed E-state index contributed by atoms with van der Waals surface area (Å²) >= 11 is 0. The van der Waals surface area contributed by atoms with Gasteiger partial charge in [-0.15, -0.1) is 0 Å². The lowest BCUT2D eigenvalue weighted by Crippen LogP contribution is -2.49. The average molecular weight is 233 g/mol. The molecular formula is C14H23N3. The number of likely N-dealkylation sites (N-methyl/N-ethyl adjacent to an activating group) is 1. The highest BCUT2D eigenvalue weighted by molar-refractivity contribution is 5.15. The first-order valence-electron chi connectivity index (χ1n) is 6.44. The molecule has 0 bridgehead atoms. The predicted molar refractivity (Wildman–Crippen MR) is 72.1 cm³/mol. The zero-order chi connectivity index (χ0) is 12.1. The first kappa shape index (κ1) is 12.6. The van der Waals surface area contributed by atoms with Crippen molar-refractivity contribution in [3.8, 4) is 0 Å². The van der Waals surface area contributed by atoms with Crippen molar-refractivity contribution in [2.24, 2.45) is 5.73 Å². The van der Waals surface area contributed by atoms with Crippen LogP contribution in [0.1, 0.15) is 5.56 Å². The maximum atomic E-state index is 6.22. The van der Waals surface area contributed by atoms with Gasteiger partial charge in [0.2, 0.25) is 0 Å². The van der Waals surface area contributed by atoms with Crippen LogP contribution >= 0.6 is 0 Å². The van der Waals surface area contributed by atoms with Gasteiger partial charge in [-0.1, -0.05) is 30.3 Å². The molecule has 1 atom stereocenters. The summed E-state index contributed by atoms with van der Waals surface area (Å²) in [6, 6.07) is 10.8. The van der Waals surface area contributed by atoms with Crippen molar-refractivity contribution in [1.29, 1.82) is 0 Å². The first-order chi connectivity index (χ1) is 8.24. The monoisotopic (exact) mass is 233 g/mol. The van der Waals surface area contributed by atoms with Crippen molar-refractivity contribution in [1.82, 2.24) is 9.80 Å². The Bertz CT molecular complexity index is 317. The summed E-state index contributed by atoms with van der Waals surface area (Å²) in [5.74, 6) is 0. The average Bonchev–Trinajstić information content (AvgIpc) is 2.33. The van der Waals surface area contributed by atoms with E-state index in [9.17, 15) is 0 Å². The maximum absolute atomic E-state index is 6.22. The lowest BCUT2D eigenvalue weighted by atomic mass is 10.1. The molecule has 0 unspecified atom stereocenters. The van der Waals surface area contributed by atoms with E-state index in [1.165, 1.54) is 5.56 Å². The number of piperazine rings is 1. The van der Waals surface area contributed by atoms with E-state index < -0.39 is 0 Å². The van der Waals surface area contributed by atoms with E-state index in [1.807, 2.05) is 0 Å². The standard InChI is InChI=1S/C14H23N3/c1-16-7-9-17(10-8-16)12-14(15)11-13-5-3-2-4-6-13/h2-6,14H,7-12,15H2,1H3/t14-/m0/s1. The second-order valence-corrected chi connectivity index (χ2v) is 5.05. The number of nitrogens with zero attached hydrogens (tertiary/aromatic N) is 2. The molecule has 1 aliphatic heterocycles. The van der Waals surface area contributed by atoms with E-state index in [2.05, 4.69) is 47.2 Å². The Kier molecular flexibility index (Phi) is 4.54. The zero-order valence-corrected chi connectivity index (χ0v) is 10.7.